The van der Waals surface area contributed by atoms with E-state index in [0.717, 1.165) is 36.7 Å². The van der Waals surface area contributed by atoms with Crippen molar-refractivity contribution in [2.45, 2.75) is 13.0 Å². The lowest BCUT2D eigenvalue weighted by Crippen LogP contribution is -2.07. The van der Waals surface area contributed by atoms with Crippen LogP contribution in [0, 0.1) is 0 Å². The predicted octanol–water partition coefficient (Wildman–Crippen LogP) is 3.35. The average molecular weight is 268 g/mol. The summed E-state index contributed by atoms with van der Waals surface area (Å²) in [6, 6.07) is 8.03. The molecule has 0 saturated carbocycles. The number of aromatic nitrogens is 1. The highest BCUT2D eigenvalue weighted by Gasteiger charge is 2.04. The third-order valence-electron chi connectivity index (χ3n) is 2.85. The summed E-state index contributed by atoms with van der Waals surface area (Å²) in [5, 5.41) is 1.96. The van der Waals surface area contributed by atoms with Crippen molar-refractivity contribution in [2.75, 3.05) is 26.9 Å². The van der Waals surface area contributed by atoms with E-state index in [1.165, 1.54) is 5.39 Å². The first-order valence-electron chi connectivity index (χ1n) is 6.13. The zero-order chi connectivity index (χ0) is 12.8. The molecule has 0 N–H and O–H groups in total. The quantitative estimate of drug-likeness (QED) is 0.718. The SMILES string of the molecule is COCCCOCCn1ccc2cccc(Cl)c21. The minimum Gasteiger partial charge on any atom is -0.385 e. The molecule has 1 aromatic heterocycles. The van der Waals surface area contributed by atoms with Gasteiger partial charge in [-0.15, -0.1) is 0 Å². The molecule has 2 rings (SSSR count). The summed E-state index contributed by atoms with van der Waals surface area (Å²) in [5.74, 6) is 0. The van der Waals surface area contributed by atoms with Gasteiger partial charge in [0.2, 0.25) is 0 Å². The summed E-state index contributed by atoms with van der Waals surface area (Å²) in [6.45, 7) is 3.00. The van der Waals surface area contributed by atoms with Gasteiger partial charge in [-0.25, -0.2) is 0 Å². The molecule has 1 aromatic carbocycles. The van der Waals surface area contributed by atoms with Crippen LogP contribution in [-0.2, 0) is 16.0 Å². The molecule has 3 nitrogen and oxygen atoms in total. The Hall–Kier alpha value is -1.03. The van der Waals surface area contributed by atoms with Crippen molar-refractivity contribution >= 4 is 22.5 Å². The number of fused-ring (bicyclic) bond motifs is 1. The third kappa shape index (κ3) is 3.25. The van der Waals surface area contributed by atoms with Gasteiger partial charge in [-0.2, -0.15) is 0 Å². The molecule has 18 heavy (non-hydrogen) atoms. The third-order valence-corrected chi connectivity index (χ3v) is 3.16. The minimum atomic E-state index is 0.693. The second-order valence-corrected chi connectivity index (χ2v) is 4.55. The highest BCUT2D eigenvalue weighted by Crippen LogP contribution is 2.24. The van der Waals surface area contributed by atoms with Crippen LogP contribution in [-0.4, -0.2) is 31.5 Å². The fraction of sp³-hybridized carbons (Fsp3) is 0.429. The Morgan fingerprint density at radius 3 is 2.89 bits per heavy atom. The molecule has 1 heterocycles. The molecule has 4 heteroatoms. The number of rotatable bonds is 7. The Labute approximate surface area is 112 Å². The van der Waals surface area contributed by atoms with Gasteiger partial charge >= 0.3 is 0 Å². The number of hydrogen-bond acceptors (Lipinski definition) is 2. The van der Waals surface area contributed by atoms with Crippen LogP contribution in [0.3, 0.4) is 0 Å². The Morgan fingerprint density at radius 2 is 2.06 bits per heavy atom. The molecule has 98 valence electrons. The molecular weight excluding hydrogens is 250 g/mol. The summed E-state index contributed by atoms with van der Waals surface area (Å²) in [7, 11) is 1.70. The Balaban J connectivity index is 1.88. The second-order valence-electron chi connectivity index (χ2n) is 4.15. The number of para-hydroxylation sites is 1. The molecule has 0 aliphatic heterocycles. The van der Waals surface area contributed by atoms with Crippen molar-refractivity contribution in [3.8, 4) is 0 Å². The number of methoxy groups -OCH3 is 1. The van der Waals surface area contributed by atoms with Crippen LogP contribution >= 0.6 is 11.6 Å². The monoisotopic (exact) mass is 267 g/mol. The molecular formula is C14H18ClNO2. The normalized spacial score (nSPS) is 11.2. The van der Waals surface area contributed by atoms with E-state index < -0.39 is 0 Å². The largest absolute Gasteiger partial charge is 0.385 e. The van der Waals surface area contributed by atoms with Crippen molar-refractivity contribution in [3.05, 3.63) is 35.5 Å². The first-order chi connectivity index (χ1) is 8.83. The Morgan fingerprint density at radius 1 is 1.17 bits per heavy atom. The van der Waals surface area contributed by atoms with Crippen LogP contribution in [0.2, 0.25) is 5.02 Å². The predicted molar refractivity (Wildman–Crippen MR) is 74.3 cm³/mol. The smallest absolute Gasteiger partial charge is 0.0670 e. The van der Waals surface area contributed by atoms with E-state index in [0.29, 0.717) is 6.61 Å². The van der Waals surface area contributed by atoms with Gasteiger partial charge in [0.1, 0.15) is 0 Å². The van der Waals surface area contributed by atoms with E-state index in [1.807, 2.05) is 12.1 Å². The van der Waals surface area contributed by atoms with E-state index in [4.69, 9.17) is 21.1 Å². The van der Waals surface area contributed by atoms with E-state index >= 15 is 0 Å². The van der Waals surface area contributed by atoms with E-state index in [-0.39, 0.29) is 0 Å². The van der Waals surface area contributed by atoms with Gasteiger partial charge in [-0.05, 0) is 18.6 Å². The number of halogens is 1. The number of hydrogen-bond donors (Lipinski definition) is 0. The first kappa shape index (κ1) is 13.4. The van der Waals surface area contributed by atoms with Gasteiger partial charge in [0.15, 0.2) is 0 Å². The molecule has 0 aliphatic rings. The summed E-state index contributed by atoms with van der Waals surface area (Å²) >= 11 is 6.21. The average Bonchev–Trinajstić information content (AvgIpc) is 2.78. The van der Waals surface area contributed by atoms with Crippen molar-refractivity contribution in [3.63, 3.8) is 0 Å². The number of benzene rings is 1. The van der Waals surface area contributed by atoms with Crippen molar-refractivity contribution in [1.29, 1.82) is 0 Å². The fourth-order valence-electron chi connectivity index (χ4n) is 1.97. The van der Waals surface area contributed by atoms with Crippen molar-refractivity contribution in [1.82, 2.24) is 4.57 Å². The molecule has 2 aromatic rings. The van der Waals surface area contributed by atoms with E-state index in [2.05, 4.69) is 22.9 Å². The molecule has 0 aliphatic carbocycles. The van der Waals surface area contributed by atoms with Gasteiger partial charge in [-0.3, -0.25) is 0 Å². The maximum absolute atomic E-state index is 6.21. The van der Waals surface area contributed by atoms with Crippen LogP contribution in [0.1, 0.15) is 6.42 Å². The first-order valence-corrected chi connectivity index (χ1v) is 6.51. The summed E-state index contributed by atoms with van der Waals surface area (Å²) in [6.07, 6.45) is 2.98. The Kier molecular flexibility index (Phi) is 5.05. The molecule has 0 amide bonds. The minimum absolute atomic E-state index is 0.693. The molecule has 0 saturated heterocycles. The van der Waals surface area contributed by atoms with Crippen LogP contribution < -0.4 is 0 Å². The maximum atomic E-state index is 6.21. The van der Waals surface area contributed by atoms with Gasteiger partial charge in [0, 0.05) is 38.5 Å². The molecule has 0 unspecified atom stereocenters. The topological polar surface area (TPSA) is 23.4 Å². The van der Waals surface area contributed by atoms with Gasteiger partial charge in [-0.1, -0.05) is 23.7 Å². The molecule has 0 spiro atoms. The van der Waals surface area contributed by atoms with Crippen LogP contribution in [0.15, 0.2) is 30.5 Å². The fourth-order valence-corrected chi connectivity index (χ4v) is 2.26. The lowest BCUT2D eigenvalue weighted by molar-refractivity contribution is 0.0982. The Bertz CT molecular complexity index is 495. The molecule has 0 radical (unpaired) electrons. The summed E-state index contributed by atoms with van der Waals surface area (Å²) in [5.41, 5.74) is 1.08. The van der Waals surface area contributed by atoms with Crippen molar-refractivity contribution in [2.24, 2.45) is 0 Å². The lowest BCUT2D eigenvalue weighted by atomic mass is 10.2. The van der Waals surface area contributed by atoms with Gasteiger partial charge in [0.25, 0.3) is 0 Å². The van der Waals surface area contributed by atoms with Crippen LogP contribution in [0.25, 0.3) is 10.9 Å². The molecule has 0 fully saturated rings. The van der Waals surface area contributed by atoms with E-state index in [1.54, 1.807) is 7.11 Å². The summed E-state index contributed by atoms with van der Waals surface area (Å²) < 4.78 is 12.7. The zero-order valence-corrected chi connectivity index (χ0v) is 11.3. The lowest BCUT2D eigenvalue weighted by Gasteiger charge is -2.07. The zero-order valence-electron chi connectivity index (χ0n) is 10.6. The number of nitrogens with zero attached hydrogens (tertiary/aromatic N) is 1. The standard InChI is InChI=1S/C14H18ClNO2/c1-17-9-3-10-18-11-8-16-7-6-12-4-2-5-13(15)14(12)16/h2,4-7H,3,8-11H2,1H3. The highest BCUT2D eigenvalue weighted by atomic mass is 35.5. The maximum Gasteiger partial charge on any atom is 0.0670 e. The van der Waals surface area contributed by atoms with E-state index in [9.17, 15) is 0 Å². The van der Waals surface area contributed by atoms with Crippen LogP contribution in [0.5, 0.6) is 0 Å². The second kappa shape index (κ2) is 6.78. The molecule has 0 bridgehead atoms. The highest BCUT2D eigenvalue weighted by molar-refractivity contribution is 6.35. The molecule has 0 atom stereocenters. The van der Waals surface area contributed by atoms with Gasteiger partial charge in [0.05, 0.1) is 17.1 Å². The summed E-state index contributed by atoms with van der Waals surface area (Å²) in [4.78, 5) is 0. The van der Waals surface area contributed by atoms with Crippen LogP contribution in [0.4, 0.5) is 0 Å². The van der Waals surface area contributed by atoms with Gasteiger partial charge < -0.3 is 14.0 Å². The van der Waals surface area contributed by atoms with Crippen molar-refractivity contribution < 1.29 is 9.47 Å². The number of ether oxygens (including phenoxy) is 2.